The minimum absolute atomic E-state index is 0.0525. The largest absolute Gasteiger partial charge is 0.458 e. The van der Waals surface area contributed by atoms with Gasteiger partial charge in [0.2, 0.25) is 0 Å². The summed E-state index contributed by atoms with van der Waals surface area (Å²) in [5.41, 5.74) is -0.880. The monoisotopic (exact) mass is 293 g/mol. The SMILES string of the molecule is FC(F)(F)C(F)(F)c1ccccc1CN1CCCCC1. The quantitative estimate of drug-likeness (QED) is 0.750. The van der Waals surface area contributed by atoms with Crippen LogP contribution in [0.15, 0.2) is 24.3 Å². The summed E-state index contributed by atoms with van der Waals surface area (Å²) in [6.45, 7) is 1.62. The lowest BCUT2D eigenvalue weighted by molar-refractivity contribution is -0.289. The molecule has 1 aliphatic rings. The molecule has 20 heavy (non-hydrogen) atoms. The van der Waals surface area contributed by atoms with Crippen molar-refractivity contribution in [1.29, 1.82) is 0 Å². The maximum Gasteiger partial charge on any atom is 0.458 e. The third kappa shape index (κ3) is 3.11. The predicted octanol–water partition coefficient (Wildman–Crippen LogP) is 4.33. The molecule has 0 atom stereocenters. The molecule has 0 unspecified atom stereocenters. The molecule has 0 N–H and O–H groups in total. The van der Waals surface area contributed by atoms with Gasteiger partial charge in [0.15, 0.2) is 0 Å². The van der Waals surface area contributed by atoms with Crippen LogP contribution in [0.5, 0.6) is 0 Å². The fourth-order valence-electron chi connectivity index (χ4n) is 2.48. The first-order valence-electron chi connectivity index (χ1n) is 6.57. The molecule has 1 aliphatic heterocycles. The number of alkyl halides is 5. The first kappa shape index (κ1) is 15.2. The van der Waals surface area contributed by atoms with Crippen LogP contribution in [0.1, 0.15) is 30.4 Å². The lowest BCUT2D eigenvalue weighted by atomic mass is 9.99. The molecule has 0 aromatic heterocycles. The minimum atomic E-state index is -5.56. The molecule has 6 heteroatoms. The second-order valence-corrected chi connectivity index (χ2v) is 5.07. The van der Waals surface area contributed by atoms with Crippen molar-refractivity contribution >= 4 is 0 Å². The van der Waals surface area contributed by atoms with Gasteiger partial charge in [0.1, 0.15) is 0 Å². The average Bonchev–Trinajstić information content (AvgIpc) is 2.39. The number of rotatable bonds is 3. The van der Waals surface area contributed by atoms with E-state index in [0.29, 0.717) is 0 Å². The van der Waals surface area contributed by atoms with E-state index >= 15 is 0 Å². The Balaban J connectivity index is 2.26. The van der Waals surface area contributed by atoms with Gasteiger partial charge in [-0.05, 0) is 31.5 Å². The Hall–Kier alpha value is -1.17. The van der Waals surface area contributed by atoms with Gasteiger partial charge in [0.25, 0.3) is 0 Å². The maximum absolute atomic E-state index is 13.5. The Morgan fingerprint density at radius 1 is 0.900 bits per heavy atom. The summed E-state index contributed by atoms with van der Waals surface area (Å²) in [6.07, 6.45) is -2.57. The number of halogens is 5. The molecule has 0 aliphatic carbocycles. The van der Waals surface area contributed by atoms with Crippen LogP contribution in [-0.2, 0) is 12.5 Å². The standard InChI is InChI=1S/C14H16F5N/c15-13(16,14(17,18)19)12-7-3-2-6-11(12)10-20-8-4-1-5-9-20/h2-3,6-7H,1,4-5,8-10H2. The third-order valence-electron chi connectivity index (χ3n) is 3.55. The summed E-state index contributed by atoms with van der Waals surface area (Å²) in [6, 6.07) is 4.93. The number of piperidine rings is 1. The Bertz CT molecular complexity index is 449. The van der Waals surface area contributed by atoms with Crippen LogP contribution in [-0.4, -0.2) is 24.2 Å². The molecule has 1 aromatic carbocycles. The first-order chi connectivity index (χ1) is 9.32. The highest BCUT2D eigenvalue weighted by Gasteiger charge is 2.59. The number of hydrogen-bond donors (Lipinski definition) is 0. The van der Waals surface area contributed by atoms with Crippen LogP contribution < -0.4 is 0 Å². The van der Waals surface area contributed by atoms with Gasteiger partial charge in [-0.2, -0.15) is 22.0 Å². The number of benzene rings is 1. The van der Waals surface area contributed by atoms with E-state index in [1.807, 2.05) is 4.90 Å². The molecule has 1 aromatic rings. The molecule has 1 saturated heterocycles. The summed E-state index contributed by atoms with van der Waals surface area (Å²) in [7, 11) is 0. The van der Waals surface area contributed by atoms with E-state index in [1.165, 1.54) is 18.2 Å². The first-order valence-corrected chi connectivity index (χ1v) is 6.57. The summed E-state index contributed by atoms with van der Waals surface area (Å²) in [4.78, 5) is 1.93. The average molecular weight is 293 g/mol. The molecule has 1 fully saturated rings. The van der Waals surface area contributed by atoms with Gasteiger partial charge in [-0.15, -0.1) is 0 Å². The van der Waals surface area contributed by atoms with Crippen molar-refractivity contribution in [2.45, 2.75) is 37.9 Å². The highest BCUT2D eigenvalue weighted by molar-refractivity contribution is 5.32. The predicted molar refractivity (Wildman–Crippen MR) is 65.5 cm³/mol. The van der Waals surface area contributed by atoms with Crippen LogP contribution in [0.25, 0.3) is 0 Å². The van der Waals surface area contributed by atoms with Crippen molar-refractivity contribution in [3.63, 3.8) is 0 Å². The molecule has 0 amide bonds. The highest BCUT2D eigenvalue weighted by atomic mass is 19.4. The van der Waals surface area contributed by atoms with Gasteiger partial charge in [-0.1, -0.05) is 30.7 Å². The molecular formula is C14H16F5N. The molecule has 2 rings (SSSR count). The number of nitrogens with zero attached hydrogens (tertiary/aromatic N) is 1. The zero-order valence-corrected chi connectivity index (χ0v) is 10.9. The van der Waals surface area contributed by atoms with Crippen LogP contribution in [0, 0.1) is 0 Å². The van der Waals surface area contributed by atoms with Crippen molar-refractivity contribution in [1.82, 2.24) is 4.90 Å². The molecule has 0 saturated carbocycles. The van der Waals surface area contributed by atoms with Crippen molar-refractivity contribution in [2.75, 3.05) is 13.1 Å². The van der Waals surface area contributed by atoms with Crippen LogP contribution in [0.4, 0.5) is 22.0 Å². The van der Waals surface area contributed by atoms with Crippen LogP contribution >= 0.6 is 0 Å². The summed E-state index contributed by atoms with van der Waals surface area (Å²) < 4.78 is 64.6. The van der Waals surface area contributed by atoms with Crippen molar-refractivity contribution < 1.29 is 22.0 Å². The summed E-state index contributed by atoms with van der Waals surface area (Å²) in [5.74, 6) is -4.81. The van der Waals surface area contributed by atoms with Crippen molar-refractivity contribution in [3.8, 4) is 0 Å². The molecule has 0 spiro atoms. The van der Waals surface area contributed by atoms with Crippen molar-refractivity contribution in [3.05, 3.63) is 35.4 Å². The van der Waals surface area contributed by atoms with E-state index in [9.17, 15) is 22.0 Å². The maximum atomic E-state index is 13.5. The van der Waals surface area contributed by atoms with Gasteiger partial charge >= 0.3 is 12.1 Å². The third-order valence-corrected chi connectivity index (χ3v) is 3.55. The van der Waals surface area contributed by atoms with E-state index in [-0.39, 0.29) is 12.1 Å². The normalized spacial score (nSPS) is 18.2. The second-order valence-electron chi connectivity index (χ2n) is 5.07. The molecule has 1 nitrogen and oxygen atoms in total. The number of hydrogen-bond acceptors (Lipinski definition) is 1. The summed E-state index contributed by atoms with van der Waals surface area (Å²) in [5, 5.41) is 0. The lowest BCUT2D eigenvalue weighted by Crippen LogP contribution is -2.36. The molecule has 112 valence electrons. The number of likely N-dealkylation sites (tertiary alicyclic amines) is 1. The Morgan fingerprint density at radius 3 is 2.10 bits per heavy atom. The lowest BCUT2D eigenvalue weighted by Gasteiger charge is -2.29. The minimum Gasteiger partial charge on any atom is -0.299 e. The van der Waals surface area contributed by atoms with E-state index in [2.05, 4.69) is 0 Å². The molecule has 0 bridgehead atoms. The zero-order chi connectivity index (χ0) is 14.8. The Labute approximate surface area is 114 Å². The Morgan fingerprint density at radius 2 is 1.50 bits per heavy atom. The smallest absolute Gasteiger partial charge is 0.299 e. The fraction of sp³-hybridized carbons (Fsp3) is 0.571. The van der Waals surface area contributed by atoms with E-state index in [1.54, 1.807) is 0 Å². The molecular weight excluding hydrogens is 277 g/mol. The van der Waals surface area contributed by atoms with Crippen LogP contribution in [0.3, 0.4) is 0 Å². The van der Waals surface area contributed by atoms with Gasteiger partial charge in [0, 0.05) is 12.1 Å². The second kappa shape index (κ2) is 5.68. The van der Waals surface area contributed by atoms with E-state index in [4.69, 9.17) is 0 Å². The topological polar surface area (TPSA) is 3.24 Å². The summed E-state index contributed by atoms with van der Waals surface area (Å²) >= 11 is 0. The van der Waals surface area contributed by atoms with Gasteiger partial charge in [-0.25, -0.2) is 0 Å². The van der Waals surface area contributed by atoms with Crippen molar-refractivity contribution in [2.24, 2.45) is 0 Å². The van der Waals surface area contributed by atoms with Gasteiger partial charge in [0.05, 0.1) is 0 Å². The highest BCUT2D eigenvalue weighted by Crippen LogP contribution is 2.45. The molecule has 1 heterocycles. The fourth-order valence-corrected chi connectivity index (χ4v) is 2.48. The Kier molecular flexibility index (Phi) is 4.32. The van der Waals surface area contributed by atoms with Crippen LogP contribution in [0.2, 0.25) is 0 Å². The van der Waals surface area contributed by atoms with Gasteiger partial charge < -0.3 is 0 Å². The van der Waals surface area contributed by atoms with Gasteiger partial charge in [-0.3, -0.25) is 4.90 Å². The van der Waals surface area contributed by atoms with E-state index < -0.39 is 17.7 Å². The van der Waals surface area contributed by atoms with E-state index in [0.717, 1.165) is 38.4 Å². The zero-order valence-electron chi connectivity index (χ0n) is 10.9. The molecule has 0 radical (unpaired) electrons.